The molecule has 0 aliphatic carbocycles. The van der Waals surface area contributed by atoms with E-state index >= 15 is 0 Å². The predicted octanol–water partition coefficient (Wildman–Crippen LogP) is 8.45. The van der Waals surface area contributed by atoms with Crippen molar-refractivity contribution in [3.8, 4) is 0 Å². The molecular formula is C30H21I. The van der Waals surface area contributed by atoms with Gasteiger partial charge in [0.2, 0.25) is 0 Å². The van der Waals surface area contributed by atoms with Crippen LogP contribution < -0.4 is 0 Å². The maximum absolute atomic E-state index is 2.49. The molecule has 0 nitrogen and oxygen atoms in total. The highest BCUT2D eigenvalue weighted by Crippen LogP contribution is 2.39. The van der Waals surface area contributed by atoms with E-state index in [2.05, 4.69) is 150 Å². The molecular weight excluding hydrogens is 487 g/mol. The lowest BCUT2D eigenvalue weighted by molar-refractivity contribution is 1.50. The molecule has 0 fully saturated rings. The van der Waals surface area contributed by atoms with E-state index in [9.17, 15) is 0 Å². The summed E-state index contributed by atoms with van der Waals surface area (Å²) in [4.78, 5) is 0. The summed E-state index contributed by atoms with van der Waals surface area (Å²) in [6.45, 7) is 0. The highest BCUT2D eigenvalue weighted by molar-refractivity contribution is 14.1. The molecule has 0 unspecified atom stereocenters. The number of hydrogen-bond acceptors (Lipinski definition) is 0. The average Bonchev–Trinajstić information content (AvgIpc) is 2.84. The maximum Gasteiger partial charge on any atom is 0.0215 e. The van der Waals surface area contributed by atoms with E-state index in [0.717, 1.165) is 0 Å². The van der Waals surface area contributed by atoms with Gasteiger partial charge < -0.3 is 0 Å². The molecule has 5 rings (SSSR count). The number of fused-ring (bicyclic) bond motifs is 1. The molecule has 0 N–H and O–H groups in total. The van der Waals surface area contributed by atoms with Gasteiger partial charge in [0.25, 0.3) is 0 Å². The molecule has 0 bridgehead atoms. The van der Waals surface area contributed by atoms with Gasteiger partial charge in [0.15, 0.2) is 0 Å². The van der Waals surface area contributed by atoms with E-state index in [0.29, 0.717) is 0 Å². The SMILES string of the molecule is Ic1cc2ccccc2cc1C(=C(c1ccccc1)c1ccccc1)c1ccccc1. The Labute approximate surface area is 197 Å². The third-order valence-corrected chi connectivity index (χ3v) is 6.43. The second-order valence-corrected chi connectivity index (χ2v) is 8.69. The number of halogens is 1. The van der Waals surface area contributed by atoms with Crippen molar-refractivity contribution in [2.45, 2.75) is 0 Å². The fraction of sp³-hybridized carbons (Fsp3) is 0. The van der Waals surface area contributed by atoms with Crippen molar-refractivity contribution < 1.29 is 0 Å². The zero-order chi connectivity index (χ0) is 21.0. The number of hydrogen-bond donors (Lipinski definition) is 0. The second kappa shape index (κ2) is 8.91. The van der Waals surface area contributed by atoms with Crippen LogP contribution in [-0.4, -0.2) is 0 Å². The van der Waals surface area contributed by atoms with Crippen LogP contribution in [0.5, 0.6) is 0 Å². The summed E-state index contributed by atoms with van der Waals surface area (Å²) in [5.74, 6) is 0. The Hall–Kier alpha value is -3.17. The fourth-order valence-corrected chi connectivity index (χ4v) is 4.87. The van der Waals surface area contributed by atoms with Gasteiger partial charge in [0, 0.05) is 3.57 Å². The number of rotatable bonds is 4. The number of benzene rings is 5. The van der Waals surface area contributed by atoms with Crippen LogP contribution >= 0.6 is 22.6 Å². The van der Waals surface area contributed by atoms with Crippen LogP contribution in [-0.2, 0) is 0 Å². The molecule has 31 heavy (non-hydrogen) atoms. The fourth-order valence-electron chi connectivity index (χ4n) is 4.11. The monoisotopic (exact) mass is 508 g/mol. The van der Waals surface area contributed by atoms with E-state index in [-0.39, 0.29) is 0 Å². The summed E-state index contributed by atoms with van der Waals surface area (Å²) < 4.78 is 1.25. The molecule has 0 radical (unpaired) electrons. The quantitative estimate of drug-likeness (QED) is 0.169. The van der Waals surface area contributed by atoms with Crippen LogP contribution in [0.2, 0.25) is 0 Å². The molecule has 0 atom stereocenters. The second-order valence-electron chi connectivity index (χ2n) is 7.53. The van der Waals surface area contributed by atoms with E-state index in [1.54, 1.807) is 0 Å². The summed E-state index contributed by atoms with van der Waals surface area (Å²) in [6, 6.07) is 45.4. The van der Waals surface area contributed by atoms with Crippen molar-refractivity contribution in [3.05, 3.63) is 153 Å². The molecule has 148 valence electrons. The molecule has 1 heteroatoms. The van der Waals surface area contributed by atoms with Gasteiger partial charge in [-0.25, -0.2) is 0 Å². The Morgan fingerprint density at radius 1 is 0.419 bits per heavy atom. The summed E-state index contributed by atoms with van der Waals surface area (Å²) in [5.41, 5.74) is 7.42. The van der Waals surface area contributed by atoms with Crippen molar-refractivity contribution >= 4 is 44.5 Å². The largest absolute Gasteiger partial charge is 0.0622 e. The molecule has 0 spiro atoms. The zero-order valence-corrected chi connectivity index (χ0v) is 19.2. The topological polar surface area (TPSA) is 0 Å². The van der Waals surface area contributed by atoms with Crippen molar-refractivity contribution in [2.75, 3.05) is 0 Å². The molecule has 0 aliphatic heterocycles. The predicted molar refractivity (Wildman–Crippen MR) is 141 cm³/mol. The lowest BCUT2D eigenvalue weighted by Crippen LogP contribution is -1.99. The van der Waals surface area contributed by atoms with Gasteiger partial charge in [-0.1, -0.05) is 115 Å². The zero-order valence-electron chi connectivity index (χ0n) is 17.0. The highest BCUT2D eigenvalue weighted by atomic mass is 127. The molecule has 0 saturated heterocycles. The molecule has 5 aromatic rings. The molecule has 0 aromatic heterocycles. The van der Waals surface area contributed by atoms with E-state index < -0.39 is 0 Å². The Morgan fingerprint density at radius 3 is 1.29 bits per heavy atom. The van der Waals surface area contributed by atoms with Gasteiger partial charge >= 0.3 is 0 Å². The summed E-state index contributed by atoms with van der Waals surface area (Å²) in [6.07, 6.45) is 0. The van der Waals surface area contributed by atoms with Gasteiger partial charge in [-0.05, 0) is 78.9 Å². The van der Waals surface area contributed by atoms with E-state index in [1.807, 2.05) is 0 Å². The lowest BCUT2D eigenvalue weighted by Gasteiger charge is -2.19. The van der Waals surface area contributed by atoms with Crippen LogP contribution in [0.1, 0.15) is 22.3 Å². The Bertz CT molecular complexity index is 1310. The summed E-state index contributed by atoms with van der Waals surface area (Å²) in [7, 11) is 0. The van der Waals surface area contributed by atoms with Crippen LogP contribution in [0.25, 0.3) is 21.9 Å². The Kier molecular flexibility index (Phi) is 5.68. The smallest absolute Gasteiger partial charge is 0.0215 e. The minimum Gasteiger partial charge on any atom is -0.0622 e. The van der Waals surface area contributed by atoms with Crippen LogP contribution in [0, 0.1) is 3.57 Å². The molecule has 0 saturated carbocycles. The van der Waals surface area contributed by atoms with Gasteiger partial charge in [0.05, 0.1) is 0 Å². The van der Waals surface area contributed by atoms with Crippen LogP contribution in [0.15, 0.2) is 127 Å². The van der Waals surface area contributed by atoms with Crippen molar-refractivity contribution in [3.63, 3.8) is 0 Å². The third-order valence-electron chi connectivity index (χ3n) is 5.54. The third kappa shape index (κ3) is 4.06. The standard InChI is InChI=1S/C30H21I/c31-28-21-26-19-11-10-18-25(26)20-27(28)30(24-16-8-3-9-17-24)29(22-12-4-1-5-13-22)23-14-6-2-7-15-23/h1-21H. The maximum atomic E-state index is 2.49. The average molecular weight is 508 g/mol. The summed E-state index contributed by atoms with van der Waals surface area (Å²) in [5, 5.41) is 2.52. The van der Waals surface area contributed by atoms with Crippen LogP contribution in [0.4, 0.5) is 0 Å². The molecule has 0 heterocycles. The first-order valence-electron chi connectivity index (χ1n) is 10.4. The summed E-state index contributed by atoms with van der Waals surface area (Å²) >= 11 is 2.49. The van der Waals surface area contributed by atoms with Crippen molar-refractivity contribution in [2.24, 2.45) is 0 Å². The van der Waals surface area contributed by atoms with Gasteiger partial charge in [-0.2, -0.15) is 0 Å². The first kappa shape index (κ1) is 19.8. The Morgan fingerprint density at radius 2 is 0.806 bits per heavy atom. The molecule has 5 aromatic carbocycles. The van der Waals surface area contributed by atoms with Crippen molar-refractivity contribution in [1.82, 2.24) is 0 Å². The van der Waals surface area contributed by atoms with Gasteiger partial charge in [0.1, 0.15) is 0 Å². The van der Waals surface area contributed by atoms with Crippen molar-refractivity contribution in [1.29, 1.82) is 0 Å². The molecule has 0 aliphatic rings. The van der Waals surface area contributed by atoms with Crippen LogP contribution in [0.3, 0.4) is 0 Å². The normalized spacial score (nSPS) is 10.7. The minimum atomic E-state index is 1.22. The van der Waals surface area contributed by atoms with E-state index in [1.165, 1.54) is 47.7 Å². The first-order valence-corrected chi connectivity index (χ1v) is 11.5. The lowest BCUT2D eigenvalue weighted by atomic mass is 9.85. The first-order chi connectivity index (χ1) is 15.3. The van der Waals surface area contributed by atoms with E-state index in [4.69, 9.17) is 0 Å². The van der Waals surface area contributed by atoms with Gasteiger partial charge in [-0.15, -0.1) is 0 Å². The Balaban J connectivity index is 1.92. The van der Waals surface area contributed by atoms with Gasteiger partial charge in [-0.3, -0.25) is 0 Å². The minimum absolute atomic E-state index is 1.22. The molecule has 0 amide bonds. The highest BCUT2D eigenvalue weighted by Gasteiger charge is 2.18.